The molecule has 4 rings (SSSR count). The van der Waals surface area contributed by atoms with Crippen LogP contribution in [0.25, 0.3) is 0 Å². The average molecular weight is 407 g/mol. The molecule has 0 N–H and O–H groups in total. The van der Waals surface area contributed by atoms with Gasteiger partial charge in [0.1, 0.15) is 11.5 Å². The molecule has 0 saturated carbocycles. The van der Waals surface area contributed by atoms with Gasteiger partial charge in [-0.25, -0.2) is 0 Å². The lowest BCUT2D eigenvalue weighted by atomic mass is 9.99. The van der Waals surface area contributed by atoms with Gasteiger partial charge in [-0.05, 0) is 36.2 Å². The molecule has 0 aliphatic carbocycles. The molecule has 7 nitrogen and oxygen atoms in total. The van der Waals surface area contributed by atoms with Gasteiger partial charge >= 0.3 is 0 Å². The predicted molar refractivity (Wildman–Crippen MR) is 114 cm³/mol. The minimum absolute atomic E-state index is 0.144. The van der Waals surface area contributed by atoms with E-state index in [9.17, 15) is 10.1 Å². The molecule has 0 spiro atoms. The molecule has 2 aromatic carbocycles. The Balaban J connectivity index is 1.79. The van der Waals surface area contributed by atoms with Crippen molar-refractivity contribution in [1.29, 1.82) is 0 Å². The first-order valence-corrected chi connectivity index (χ1v) is 9.95. The number of rotatable bonds is 6. The minimum atomic E-state index is -0.291. The number of para-hydroxylation sites is 1. The van der Waals surface area contributed by atoms with Crippen LogP contribution in [-0.4, -0.2) is 35.2 Å². The Bertz CT molecular complexity index is 1020. The van der Waals surface area contributed by atoms with Gasteiger partial charge in [0.25, 0.3) is 5.69 Å². The van der Waals surface area contributed by atoms with Crippen LogP contribution in [0.2, 0.25) is 0 Å². The van der Waals surface area contributed by atoms with Crippen molar-refractivity contribution in [3.63, 3.8) is 0 Å². The number of aromatic nitrogens is 1. The molecule has 0 unspecified atom stereocenters. The fourth-order valence-electron chi connectivity index (χ4n) is 4.24. The van der Waals surface area contributed by atoms with Gasteiger partial charge in [0.15, 0.2) is 0 Å². The molecule has 0 radical (unpaired) electrons. The van der Waals surface area contributed by atoms with Crippen LogP contribution < -0.4 is 9.47 Å². The number of benzene rings is 2. The van der Waals surface area contributed by atoms with Crippen molar-refractivity contribution < 1.29 is 14.4 Å². The number of methoxy groups -OCH3 is 2. The maximum Gasteiger partial charge on any atom is 0.274 e. The van der Waals surface area contributed by atoms with Gasteiger partial charge in [-0.2, -0.15) is 0 Å². The SMILES string of the molecule is COc1cc(CN2CCCn3cccc3[C@H]2c2ccccc2[N+](=O)[O-])cc(OC)c1. The van der Waals surface area contributed by atoms with Crippen LogP contribution in [0.4, 0.5) is 5.69 Å². The van der Waals surface area contributed by atoms with E-state index in [0.29, 0.717) is 12.1 Å². The summed E-state index contributed by atoms with van der Waals surface area (Å²) in [5.74, 6) is 1.45. The van der Waals surface area contributed by atoms with Gasteiger partial charge in [-0.15, -0.1) is 0 Å². The van der Waals surface area contributed by atoms with Crippen LogP contribution >= 0.6 is 0 Å². The van der Waals surface area contributed by atoms with Crippen LogP contribution in [0.1, 0.15) is 29.3 Å². The third-order valence-electron chi connectivity index (χ3n) is 5.58. The topological polar surface area (TPSA) is 69.8 Å². The van der Waals surface area contributed by atoms with Crippen LogP contribution in [0, 0.1) is 10.1 Å². The smallest absolute Gasteiger partial charge is 0.274 e. The molecule has 1 aromatic heterocycles. The Morgan fingerprint density at radius 2 is 1.77 bits per heavy atom. The lowest BCUT2D eigenvalue weighted by Crippen LogP contribution is -2.30. The fraction of sp³-hybridized carbons (Fsp3) is 0.304. The summed E-state index contributed by atoms with van der Waals surface area (Å²) in [6.07, 6.45) is 3.01. The highest BCUT2D eigenvalue weighted by Gasteiger charge is 2.32. The molecule has 1 atom stereocenters. The summed E-state index contributed by atoms with van der Waals surface area (Å²) < 4.78 is 13.1. The fourth-order valence-corrected chi connectivity index (χ4v) is 4.24. The highest BCUT2D eigenvalue weighted by molar-refractivity contribution is 5.46. The summed E-state index contributed by atoms with van der Waals surface area (Å²) in [4.78, 5) is 13.8. The molecule has 0 bridgehead atoms. The molecule has 3 aromatic rings. The number of hydrogen-bond donors (Lipinski definition) is 0. The average Bonchev–Trinajstić information content (AvgIpc) is 3.15. The van der Waals surface area contributed by atoms with E-state index >= 15 is 0 Å². The second-order valence-electron chi connectivity index (χ2n) is 7.39. The van der Waals surface area contributed by atoms with Crippen molar-refractivity contribution in [1.82, 2.24) is 9.47 Å². The second kappa shape index (κ2) is 8.59. The van der Waals surface area contributed by atoms with Crippen molar-refractivity contribution in [2.75, 3.05) is 20.8 Å². The van der Waals surface area contributed by atoms with Crippen molar-refractivity contribution in [3.05, 3.63) is 87.7 Å². The van der Waals surface area contributed by atoms with E-state index in [1.165, 1.54) is 0 Å². The third-order valence-corrected chi connectivity index (χ3v) is 5.58. The van der Waals surface area contributed by atoms with Gasteiger partial charge in [0.2, 0.25) is 0 Å². The van der Waals surface area contributed by atoms with Crippen LogP contribution in [0.5, 0.6) is 11.5 Å². The van der Waals surface area contributed by atoms with E-state index in [1.807, 2.05) is 36.4 Å². The van der Waals surface area contributed by atoms with E-state index in [-0.39, 0.29) is 16.7 Å². The molecule has 7 heteroatoms. The monoisotopic (exact) mass is 407 g/mol. The van der Waals surface area contributed by atoms with Gasteiger partial charge in [-0.1, -0.05) is 18.2 Å². The second-order valence-corrected chi connectivity index (χ2v) is 7.39. The zero-order chi connectivity index (χ0) is 21.1. The van der Waals surface area contributed by atoms with Gasteiger partial charge in [-0.3, -0.25) is 15.0 Å². The summed E-state index contributed by atoms with van der Waals surface area (Å²) in [5.41, 5.74) is 2.95. The first kappa shape index (κ1) is 20.0. The molecular formula is C23H25N3O4. The first-order valence-electron chi connectivity index (χ1n) is 9.95. The van der Waals surface area contributed by atoms with Crippen LogP contribution in [0.3, 0.4) is 0 Å². The number of aryl methyl sites for hydroxylation is 1. The zero-order valence-electron chi connectivity index (χ0n) is 17.2. The Labute approximate surface area is 175 Å². The van der Waals surface area contributed by atoms with Gasteiger partial charge < -0.3 is 14.0 Å². The quantitative estimate of drug-likeness (QED) is 0.447. The Hall–Kier alpha value is -3.32. The Kier molecular flexibility index (Phi) is 5.72. The van der Waals surface area contributed by atoms with Gasteiger partial charge in [0.05, 0.1) is 30.7 Å². The van der Waals surface area contributed by atoms with E-state index in [1.54, 1.807) is 26.4 Å². The van der Waals surface area contributed by atoms with E-state index < -0.39 is 0 Å². The largest absolute Gasteiger partial charge is 0.497 e. The molecule has 156 valence electrons. The summed E-state index contributed by atoms with van der Waals surface area (Å²) in [6, 6.07) is 16.7. The molecule has 0 saturated heterocycles. The number of ether oxygens (including phenoxy) is 2. The standard InChI is InChI=1S/C23H25N3O4/c1-29-18-13-17(14-19(15-18)30-2)16-25-12-6-11-24-10-5-9-22(24)23(25)20-7-3-4-8-21(20)26(27)28/h3-5,7-10,13-15,23H,6,11-12,16H2,1-2H3/t23-/m1/s1. The lowest BCUT2D eigenvalue weighted by molar-refractivity contribution is -0.385. The summed E-state index contributed by atoms with van der Waals surface area (Å²) in [7, 11) is 3.26. The van der Waals surface area contributed by atoms with E-state index in [2.05, 4.69) is 21.7 Å². The third kappa shape index (κ3) is 3.89. The van der Waals surface area contributed by atoms with E-state index in [0.717, 1.165) is 42.3 Å². The van der Waals surface area contributed by atoms with Crippen LogP contribution in [-0.2, 0) is 13.1 Å². The number of hydrogen-bond acceptors (Lipinski definition) is 5. The number of fused-ring (bicyclic) bond motifs is 1. The molecule has 2 heterocycles. The molecule has 1 aliphatic heterocycles. The number of nitro groups is 1. The molecular weight excluding hydrogens is 382 g/mol. The van der Waals surface area contributed by atoms with Crippen molar-refractivity contribution in [2.45, 2.75) is 25.6 Å². The predicted octanol–water partition coefficient (Wildman–Crippen LogP) is 4.41. The summed E-state index contributed by atoms with van der Waals surface area (Å²) >= 11 is 0. The molecule has 1 aliphatic rings. The highest BCUT2D eigenvalue weighted by atomic mass is 16.6. The zero-order valence-corrected chi connectivity index (χ0v) is 17.2. The minimum Gasteiger partial charge on any atom is -0.497 e. The highest BCUT2D eigenvalue weighted by Crippen LogP contribution is 2.38. The first-order chi connectivity index (χ1) is 14.6. The van der Waals surface area contributed by atoms with E-state index in [4.69, 9.17) is 9.47 Å². The summed E-state index contributed by atoms with van der Waals surface area (Å²) in [5, 5.41) is 11.8. The number of nitrogens with zero attached hydrogens (tertiary/aromatic N) is 3. The molecule has 30 heavy (non-hydrogen) atoms. The Morgan fingerprint density at radius 3 is 2.47 bits per heavy atom. The molecule has 0 amide bonds. The van der Waals surface area contributed by atoms with Gasteiger partial charge in [0, 0.05) is 43.7 Å². The maximum absolute atomic E-state index is 11.8. The van der Waals surface area contributed by atoms with Crippen molar-refractivity contribution in [3.8, 4) is 11.5 Å². The number of nitro benzene ring substituents is 1. The lowest BCUT2D eigenvalue weighted by Gasteiger charge is -2.30. The van der Waals surface area contributed by atoms with Crippen molar-refractivity contribution in [2.24, 2.45) is 0 Å². The normalized spacial score (nSPS) is 16.5. The molecule has 0 fully saturated rings. The Morgan fingerprint density at radius 1 is 1.03 bits per heavy atom. The summed E-state index contributed by atoms with van der Waals surface area (Å²) in [6.45, 7) is 2.32. The van der Waals surface area contributed by atoms with Crippen LogP contribution in [0.15, 0.2) is 60.8 Å². The maximum atomic E-state index is 11.8. The van der Waals surface area contributed by atoms with Crippen molar-refractivity contribution >= 4 is 5.69 Å².